The number of carbonyl (C=O) groups is 1. The second-order valence-electron chi connectivity index (χ2n) is 8.23. The summed E-state index contributed by atoms with van der Waals surface area (Å²) in [5.41, 5.74) is 3.63. The van der Waals surface area contributed by atoms with Gasteiger partial charge in [0.2, 0.25) is 11.9 Å². The number of aromatic nitrogens is 6. The molecule has 0 spiro atoms. The minimum Gasteiger partial charge on any atom is -0.338 e. The molecule has 32 heavy (non-hydrogen) atoms. The molecule has 0 bridgehead atoms. The molecule has 1 N–H and O–H groups in total. The van der Waals surface area contributed by atoms with E-state index < -0.39 is 0 Å². The lowest BCUT2D eigenvalue weighted by atomic mass is 9.94. The van der Waals surface area contributed by atoms with Gasteiger partial charge in [0.15, 0.2) is 0 Å². The number of hydrogen-bond donors (Lipinski definition) is 1. The second-order valence-corrected chi connectivity index (χ2v) is 8.23. The maximum atomic E-state index is 12.7. The average molecular weight is 433 g/mol. The van der Waals surface area contributed by atoms with Crippen LogP contribution in [0.5, 0.6) is 0 Å². The zero-order chi connectivity index (χ0) is 22.7. The summed E-state index contributed by atoms with van der Waals surface area (Å²) in [6.45, 7) is 7.13. The molecule has 4 heterocycles. The molecule has 1 aliphatic heterocycles. The SMILES string of the molecule is Cc1cc(C)nc(Nc2cc([C@H]3CCCN(C(=O)/C=C/c4cnn(C)c4)C3)nc(C)n2)n1. The number of piperidine rings is 1. The molecule has 1 atom stereocenters. The Balaban J connectivity index is 1.48. The molecule has 0 saturated carbocycles. The third-order valence-corrected chi connectivity index (χ3v) is 5.37. The topological polar surface area (TPSA) is 102 Å². The number of amides is 1. The van der Waals surface area contributed by atoms with E-state index >= 15 is 0 Å². The number of nitrogens with one attached hydrogen (secondary N) is 1. The van der Waals surface area contributed by atoms with Crippen LogP contribution in [0, 0.1) is 20.8 Å². The van der Waals surface area contributed by atoms with Gasteiger partial charge in [0.1, 0.15) is 11.6 Å². The third-order valence-electron chi connectivity index (χ3n) is 5.37. The van der Waals surface area contributed by atoms with Gasteiger partial charge in [-0.15, -0.1) is 0 Å². The van der Waals surface area contributed by atoms with Crippen molar-refractivity contribution in [1.29, 1.82) is 0 Å². The predicted molar refractivity (Wildman–Crippen MR) is 122 cm³/mol. The van der Waals surface area contributed by atoms with E-state index in [4.69, 9.17) is 0 Å². The van der Waals surface area contributed by atoms with E-state index in [0.717, 1.165) is 42.0 Å². The van der Waals surface area contributed by atoms with Crippen molar-refractivity contribution in [3.8, 4) is 0 Å². The minimum absolute atomic E-state index is 0.00585. The van der Waals surface area contributed by atoms with Crippen molar-refractivity contribution in [2.24, 2.45) is 7.05 Å². The van der Waals surface area contributed by atoms with Gasteiger partial charge in [-0.25, -0.2) is 19.9 Å². The van der Waals surface area contributed by atoms with Crippen molar-refractivity contribution in [1.82, 2.24) is 34.6 Å². The van der Waals surface area contributed by atoms with Gasteiger partial charge in [0.05, 0.1) is 11.9 Å². The number of likely N-dealkylation sites (tertiary alicyclic amines) is 1. The van der Waals surface area contributed by atoms with Crippen LogP contribution >= 0.6 is 0 Å². The summed E-state index contributed by atoms with van der Waals surface area (Å²) in [5, 5.41) is 7.33. The Labute approximate surface area is 187 Å². The fourth-order valence-corrected chi connectivity index (χ4v) is 3.98. The molecular formula is C23H28N8O. The Morgan fingerprint density at radius 2 is 1.91 bits per heavy atom. The van der Waals surface area contributed by atoms with Gasteiger partial charge in [0, 0.05) is 61.3 Å². The van der Waals surface area contributed by atoms with Gasteiger partial charge in [-0.3, -0.25) is 9.48 Å². The summed E-state index contributed by atoms with van der Waals surface area (Å²) in [5.74, 6) is 2.02. The van der Waals surface area contributed by atoms with Crippen molar-refractivity contribution < 1.29 is 4.79 Å². The highest BCUT2D eigenvalue weighted by atomic mass is 16.2. The molecule has 166 valence electrons. The van der Waals surface area contributed by atoms with E-state index in [0.29, 0.717) is 24.1 Å². The number of nitrogens with zero attached hydrogens (tertiary/aromatic N) is 7. The summed E-state index contributed by atoms with van der Waals surface area (Å²) >= 11 is 0. The zero-order valence-corrected chi connectivity index (χ0v) is 18.9. The van der Waals surface area contributed by atoms with Crippen LogP contribution in [-0.4, -0.2) is 53.6 Å². The molecule has 9 heteroatoms. The van der Waals surface area contributed by atoms with E-state index in [1.54, 1.807) is 23.0 Å². The molecule has 1 aliphatic rings. The van der Waals surface area contributed by atoms with Crippen molar-refractivity contribution in [2.75, 3.05) is 18.4 Å². The van der Waals surface area contributed by atoms with Crippen molar-refractivity contribution in [3.63, 3.8) is 0 Å². The van der Waals surface area contributed by atoms with Gasteiger partial charge >= 0.3 is 0 Å². The van der Waals surface area contributed by atoms with Crippen molar-refractivity contribution in [3.05, 3.63) is 59.1 Å². The van der Waals surface area contributed by atoms with E-state index in [1.807, 2.05) is 51.0 Å². The first kappa shape index (κ1) is 21.6. The lowest BCUT2D eigenvalue weighted by molar-refractivity contribution is -0.127. The largest absolute Gasteiger partial charge is 0.338 e. The average Bonchev–Trinajstić information content (AvgIpc) is 3.16. The molecule has 1 fully saturated rings. The summed E-state index contributed by atoms with van der Waals surface area (Å²) in [7, 11) is 1.85. The molecule has 3 aromatic rings. The summed E-state index contributed by atoms with van der Waals surface area (Å²) in [4.78, 5) is 32.7. The summed E-state index contributed by atoms with van der Waals surface area (Å²) in [6.07, 6.45) is 8.95. The smallest absolute Gasteiger partial charge is 0.246 e. The highest BCUT2D eigenvalue weighted by molar-refractivity contribution is 5.91. The molecular weight excluding hydrogens is 404 g/mol. The van der Waals surface area contributed by atoms with E-state index in [9.17, 15) is 4.79 Å². The Bertz CT molecular complexity index is 1130. The minimum atomic E-state index is 0.00585. The normalized spacial score (nSPS) is 16.5. The highest BCUT2D eigenvalue weighted by Gasteiger charge is 2.25. The second kappa shape index (κ2) is 9.25. The lowest BCUT2D eigenvalue weighted by Crippen LogP contribution is -2.38. The predicted octanol–water partition coefficient (Wildman–Crippen LogP) is 3.09. The van der Waals surface area contributed by atoms with Crippen LogP contribution in [0.15, 0.2) is 30.6 Å². The zero-order valence-electron chi connectivity index (χ0n) is 18.9. The molecule has 0 aromatic carbocycles. The first-order valence-corrected chi connectivity index (χ1v) is 10.8. The van der Waals surface area contributed by atoms with E-state index in [-0.39, 0.29) is 11.8 Å². The maximum Gasteiger partial charge on any atom is 0.246 e. The van der Waals surface area contributed by atoms with Gasteiger partial charge < -0.3 is 10.2 Å². The van der Waals surface area contributed by atoms with Gasteiger partial charge in [-0.2, -0.15) is 5.10 Å². The number of anilines is 2. The van der Waals surface area contributed by atoms with Crippen LogP contribution in [0.2, 0.25) is 0 Å². The Kier molecular flexibility index (Phi) is 6.25. The number of aryl methyl sites for hydroxylation is 4. The fraction of sp³-hybridized carbons (Fsp3) is 0.391. The van der Waals surface area contributed by atoms with Crippen LogP contribution < -0.4 is 5.32 Å². The molecule has 0 aliphatic carbocycles. The van der Waals surface area contributed by atoms with Crippen LogP contribution in [-0.2, 0) is 11.8 Å². The first-order chi connectivity index (χ1) is 15.4. The maximum absolute atomic E-state index is 12.7. The van der Waals surface area contributed by atoms with Gasteiger partial charge in [-0.1, -0.05) is 0 Å². The fourth-order valence-electron chi connectivity index (χ4n) is 3.98. The Morgan fingerprint density at radius 1 is 1.12 bits per heavy atom. The number of hydrogen-bond acceptors (Lipinski definition) is 7. The van der Waals surface area contributed by atoms with Gasteiger partial charge in [-0.05, 0) is 45.8 Å². The third kappa shape index (κ3) is 5.35. The summed E-state index contributed by atoms with van der Waals surface area (Å²) in [6, 6.07) is 3.87. The molecule has 0 unspecified atom stereocenters. The number of carbonyl (C=O) groups excluding carboxylic acids is 1. The molecule has 0 radical (unpaired) electrons. The standard InChI is InChI=1S/C23H28N8O/c1-15-10-16(2)26-23(25-15)29-21-11-20(27-17(3)28-21)19-6-5-9-31(14-19)22(32)8-7-18-12-24-30(4)13-18/h7-8,10-13,19H,5-6,9,14H2,1-4H3,(H,25,26,27,28,29)/b8-7+/t19-/m0/s1. The number of rotatable bonds is 5. The van der Waals surface area contributed by atoms with Crippen LogP contribution in [0.4, 0.5) is 11.8 Å². The quantitative estimate of drug-likeness (QED) is 0.618. The Hall–Kier alpha value is -3.62. The molecule has 3 aromatic heterocycles. The molecule has 1 saturated heterocycles. The molecule has 1 amide bonds. The van der Waals surface area contributed by atoms with Crippen molar-refractivity contribution >= 4 is 23.7 Å². The van der Waals surface area contributed by atoms with Crippen LogP contribution in [0.3, 0.4) is 0 Å². The lowest BCUT2D eigenvalue weighted by Gasteiger charge is -2.32. The van der Waals surface area contributed by atoms with Gasteiger partial charge in [0.25, 0.3) is 0 Å². The Morgan fingerprint density at radius 3 is 2.62 bits per heavy atom. The van der Waals surface area contributed by atoms with Crippen LogP contribution in [0.1, 0.15) is 47.2 Å². The van der Waals surface area contributed by atoms with Crippen molar-refractivity contribution in [2.45, 2.75) is 39.5 Å². The first-order valence-electron chi connectivity index (χ1n) is 10.8. The molecule has 9 nitrogen and oxygen atoms in total. The monoisotopic (exact) mass is 432 g/mol. The summed E-state index contributed by atoms with van der Waals surface area (Å²) < 4.78 is 1.72. The molecule has 4 rings (SSSR count). The van der Waals surface area contributed by atoms with E-state index in [1.165, 1.54) is 0 Å². The van der Waals surface area contributed by atoms with Crippen LogP contribution in [0.25, 0.3) is 6.08 Å². The van der Waals surface area contributed by atoms with E-state index in [2.05, 4.69) is 30.4 Å². The highest BCUT2D eigenvalue weighted by Crippen LogP contribution is 2.27.